The molecule has 0 aliphatic heterocycles. The predicted octanol–water partition coefficient (Wildman–Crippen LogP) is 3.77. The molecule has 0 spiro atoms. The zero-order valence-electron chi connectivity index (χ0n) is 12.9. The van der Waals surface area contributed by atoms with E-state index < -0.39 is 5.54 Å². The summed E-state index contributed by atoms with van der Waals surface area (Å²) in [4.78, 5) is 12.4. The highest BCUT2D eigenvalue weighted by molar-refractivity contribution is 5.84. The van der Waals surface area contributed by atoms with Gasteiger partial charge in [0.1, 0.15) is 5.54 Å². The number of esters is 1. The normalized spacial score (nSPS) is 29.8. The summed E-state index contributed by atoms with van der Waals surface area (Å²) in [6, 6.07) is 8.16. The lowest BCUT2D eigenvalue weighted by Crippen LogP contribution is -2.52. The minimum absolute atomic E-state index is 0.141. The van der Waals surface area contributed by atoms with Crippen LogP contribution in [0, 0.1) is 18.8 Å². The highest BCUT2D eigenvalue weighted by Gasteiger charge is 2.45. The number of carbonyl (C=O) groups is 1. The Balaban J connectivity index is 2.30. The van der Waals surface area contributed by atoms with Crippen molar-refractivity contribution < 1.29 is 9.53 Å². The van der Waals surface area contributed by atoms with Gasteiger partial charge in [0.05, 0.1) is 7.11 Å². The summed E-state index contributed by atoms with van der Waals surface area (Å²) in [6.45, 7) is 6.48. The van der Waals surface area contributed by atoms with Gasteiger partial charge in [0, 0.05) is 5.69 Å². The van der Waals surface area contributed by atoms with E-state index in [4.69, 9.17) is 4.74 Å². The number of nitrogens with one attached hydrogen (secondary N) is 1. The van der Waals surface area contributed by atoms with Crippen LogP contribution in [0.15, 0.2) is 24.3 Å². The van der Waals surface area contributed by atoms with Crippen LogP contribution in [0.2, 0.25) is 0 Å². The van der Waals surface area contributed by atoms with Gasteiger partial charge in [-0.3, -0.25) is 0 Å². The van der Waals surface area contributed by atoms with Crippen LogP contribution in [0.4, 0.5) is 5.69 Å². The van der Waals surface area contributed by atoms with E-state index in [2.05, 4.69) is 38.2 Å². The number of hydrogen-bond acceptors (Lipinski definition) is 3. The van der Waals surface area contributed by atoms with E-state index >= 15 is 0 Å². The van der Waals surface area contributed by atoms with Crippen LogP contribution in [0.3, 0.4) is 0 Å². The number of benzene rings is 1. The van der Waals surface area contributed by atoms with Crippen molar-refractivity contribution in [2.45, 2.75) is 45.6 Å². The quantitative estimate of drug-likeness (QED) is 0.853. The summed E-state index contributed by atoms with van der Waals surface area (Å²) < 4.78 is 5.09. The second-order valence-corrected chi connectivity index (χ2v) is 6.42. The Hall–Kier alpha value is -1.51. The van der Waals surface area contributed by atoms with E-state index in [1.165, 1.54) is 19.1 Å². The third kappa shape index (κ3) is 3.14. The van der Waals surface area contributed by atoms with Crippen molar-refractivity contribution in [3.05, 3.63) is 29.8 Å². The molecule has 1 saturated carbocycles. The van der Waals surface area contributed by atoms with Crippen molar-refractivity contribution in [1.82, 2.24) is 0 Å². The van der Waals surface area contributed by atoms with Crippen molar-refractivity contribution in [3.63, 3.8) is 0 Å². The summed E-state index contributed by atoms with van der Waals surface area (Å²) in [5, 5.41) is 3.47. The molecule has 1 aromatic rings. The van der Waals surface area contributed by atoms with Gasteiger partial charge in [0.2, 0.25) is 0 Å². The fourth-order valence-electron chi connectivity index (χ4n) is 3.64. The van der Waals surface area contributed by atoms with Crippen LogP contribution in [-0.2, 0) is 9.53 Å². The monoisotopic (exact) mass is 275 g/mol. The zero-order chi connectivity index (χ0) is 14.8. The molecule has 0 bridgehead atoms. The first-order valence-electron chi connectivity index (χ1n) is 7.38. The van der Waals surface area contributed by atoms with Gasteiger partial charge in [0.15, 0.2) is 0 Å². The van der Waals surface area contributed by atoms with Gasteiger partial charge < -0.3 is 10.1 Å². The van der Waals surface area contributed by atoms with Gasteiger partial charge in [-0.1, -0.05) is 26.0 Å². The topological polar surface area (TPSA) is 38.3 Å². The number of ether oxygens (including phenoxy) is 1. The third-order valence-electron chi connectivity index (χ3n) is 4.18. The number of anilines is 1. The lowest BCUT2D eigenvalue weighted by atomic mass is 9.71. The minimum atomic E-state index is -0.584. The standard InChI is InChI=1S/C17H25NO2/c1-12-6-5-7-15(9-12)18-17(16(19)20-4)10-13(2)8-14(3)11-17/h5-7,9,13-14,18H,8,10-11H2,1-4H3. The van der Waals surface area contributed by atoms with E-state index in [1.54, 1.807) is 0 Å². The Morgan fingerprint density at radius 2 is 1.95 bits per heavy atom. The lowest BCUT2D eigenvalue weighted by Gasteiger charge is -2.41. The van der Waals surface area contributed by atoms with E-state index in [-0.39, 0.29) is 5.97 Å². The van der Waals surface area contributed by atoms with Gasteiger partial charge >= 0.3 is 5.97 Å². The molecule has 1 aromatic carbocycles. The van der Waals surface area contributed by atoms with Gasteiger partial charge in [-0.2, -0.15) is 0 Å². The maximum Gasteiger partial charge on any atom is 0.331 e. The van der Waals surface area contributed by atoms with Crippen LogP contribution in [0.5, 0.6) is 0 Å². The van der Waals surface area contributed by atoms with E-state index in [0.29, 0.717) is 11.8 Å². The molecule has 0 saturated heterocycles. The molecule has 0 aromatic heterocycles. The van der Waals surface area contributed by atoms with Gasteiger partial charge in [-0.05, 0) is 55.7 Å². The largest absolute Gasteiger partial charge is 0.467 e. The van der Waals surface area contributed by atoms with Gasteiger partial charge in [0.25, 0.3) is 0 Å². The molecule has 2 rings (SSSR count). The second kappa shape index (κ2) is 5.86. The van der Waals surface area contributed by atoms with Crippen LogP contribution in [0.25, 0.3) is 0 Å². The van der Waals surface area contributed by atoms with Crippen molar-refractivity contribution in [3.8, 4) is 0 Å². The van der Waals surface area contributed by atoms with Crippen LogP contribution < -0.4 is 5.32 Å². The molecule has 1 fully saturated rings. The molecule has 1 N–H and O–H groups in total. The number of carbonyl (C=O) groups excluding carboxylic acids is 1. The van der Waals surface area contributed by atoms with Crippen LogP contribution in [0.1, 0.15) is 38.7 Å². The summed E-state index contributed by atoms with van der Waals surface area (Å²) in [5.41, 5.74) is 1.60. The van der Waals surface area contributed by atoms with Crippen molar-refractivity contribution in [2.75, 3.05) is 12.4 Å². The Morgan fingerprint density at radius 3 is 2.50 bits per heavy atom. The molecule has 20 heavy (non-hydrogen) atoms. The Labute approximate surface area is 121 Å². The molecule has 1 aliphatic rings. The highest BCUT2D eigenvalue weighted by Crippen LogP contribution is 2.39. The van der Waals surface area contributed by atoms with E-state index in [1.807, 2.05) is 12.1 Å². The van der Waals surface area contributed by atoms with Crippen LogP contribution >= 0.6 is 0 Å². The first kappa shape index (κ1) is 14.9. The maximum atomic E-state index is 12.4. The number of methoxy groups -OCH3 is 1. The summed E-state index contributed by atoms with van der Waals surface area (Å²) in [7, 11) is 1.48. The minimum Gasteiger partial charge on any atom is -0.467 e. The maximum absolute atomic E-state index is 12.4. The Kier molecular flexibility index (Phi) is 4.36. The fourth-order valence-corrected chi connectivity index (χ4v) is 3.64. The molecule has 2 atom stereocenters. The zero-order valence-corrected chi connectivity index (χ0v) is 12.9. The molecule has 0 heterocycles. The van der Waals surface area contributed by atoms with E-state index in [9.17, 15) is 4.79 Å². The Morgan fingerprint density at radius 1 is 1.30 bits per heavy atom. The first-order chi connectivity index (χ1) is 9.45. The first-order valence-corrected chi connectivity index (χ1v) is 7.38. The van der Waals surface area contributed by atoms with Crippen LogP contribution in [-0.4, -0.2) is 18.6 Å². The van der Waals surface area contributed by atoms with Gasteiger partial charge in [-0.25, -0.2) is 4.79 Å². The summed E-state index contributed by atoms with van der Waals surface area (Å²) in [5.74, 6) is 0.905. The predicted molar refractivity (Wildman–Crippen MR) is 81.7 cm³/mol. The molecule has 110 valence electrons. The average Bonchev–Trinajstić information content (AvgIpc) is 2.36. The molecular formula is C17H25NO2. The van der Waals surface area contributed by atoms with Crippen molar-refractivity contribution in [2.24, 2.45) is 11.8 Å². The molecule has 3 nitrogen and oxygen atoms in total. The van der Waals surface area contributed by atoms with E-state index in [0.717, 1.165) is 18.5 Å². The highest BCUT2D eigenvalue weighted by atomic mass is 16.5. The summed E-state index contributed by atoms with van der Waals surface area (Å²) >= 11 is 0. The van der Waals surface area contributed by atoms with Gasteiger partial charge in [-0.15, -0.1) is 0 Å². The second-order valence-electron chi connectivity index (χ2n) is 6.42. The summed E-state index contributed by atoms with van der Waals surface area (Å²) in [6.07, 6.45) is 2.84. The molecular weight excluding hydrogens is 250 g/mol. The number of rotatable bonds is 3. The molecule has 3 heteroatoms. The number of hydrogen-bond donors (Lipinski definition) is 1. The molecule has 0 radical (unpaired) electrons. The van der Waals surface area contributed by atoms with Crippen molar-refractivity contribution in [1.29, 1.82) is 0 Å². The SMILES string of the molecule is COC(=O)C1(Nc2cccc(C)c2)CC(C)CC(C)C1. The smallest absolute Gasteiger partial charge is 0.331 e. The lowest BCUT2D eigenvalue weighted by molar-refractivity contribution is -0.148. The molecule has 0 amide bonds. The number of aryl methyl sites for hydroxylation is 1. The molecule has 1 aliphatic carbocycles. The molecule has 2 unspecified atom stereocenters. The van der Waals surface area contributed by atoms with Crippen molar-refractivity contribution >= 4 is 11.7 Å². The third-order valence-corrected chi connectivity index (χ3v) is 4.18. The fraction of sp³-hybridized carbons (Fsp3) is 0.588. The Bertz CT molecular complexity index is 474. The average molecular weight is 275 g/mol.